The number of carbonyl (C=O) groups is 2. The van der Waals surface area contributed by atoms with E-state index in [1.807, 2.05) is 0 Å². The van der Waals surface area contributed by atoms with Gasteiger partial charge in [0.25, 0.3) is 5.00 Å². The summed E-state index contributed by atoms with van der Waals surface area (Å²) in [5.74, 6) is -2.08. The van der Waals surface area contributed by atoms with Crippen molar-refractivity contribution in [2.24, 2.45) is 0 Å². The minimum atomic E-state index is -2.65. The minimum absolute atomic E-state index is 0.118. The van der Waals surface area contributed by atoms with E-state index in [0.717, 1.165) is 6.92 Å². The Kier molecular flexibility index (Phi) is 4.47. The van der Waals surface area contributed by atoms with Gasteiger partial charge in [0.2, 0.25) is 6.10 Å². The lowest BCUT2D eigenvalue weighted by Gasteiger charge is -2.18. The van der Waals surface area contributed by atoms with Gasteiger partial charge in [0.15, 0.2) is 0 Å². The lowest BCUT2D eigenvalue weighted by Crippen LogP contribution is -2.34. The van der Waals surface area contributed by atoms with Gasteiger partial charge in [0, 0.05) is 6.42 Å². The van der Waals surface area contributed by atoms with Crippen molar-refractivity contribution >= 4 is 24.0 Å². The van der Waals surface area contributed by atoms with Gasteiger partial charge in [-0.3, -0.25) is 5.04 Å². The molecule has 1 aliphatic rings. The van der Waals surface area contributed by atoms with Crippen LogP contribution in [0.25, 0.3) is 0 Å². The number of carbonyl (C=O) groups excluding carboxylic acids is 2. The number of hydrogen-bond acceptors (Lipinski definition) is 8. The maximum atomic E-state index is 13.4. The van der Waals surface area contributed by atoms with Crippen molar-refractivity contribution in [3.8, 4) is 0 Å². The van der Waals surface area contributed by atoms with E-state index >= 15 is 0 Å². The van der Waals surface area contributed by atoms with E-state index in [2.05, 4.69) is 18.8 Å². The molecule has 0 aromatic heterocycles. The first-order valence-corrected chi connectivity index (χ1v) is 4.92. The summed E-state index contributed by atoms with van der Waals surface area (Å²) in [5, 5.41) is 9.71. The molecule has 2 unspecified atom stereocenters. The number of alkyl halides is 1. The summed E-state index contributed by atoms with van der Waals surface area (Å²) in [6.45, 7) is 0.923. The monoisotopic (exact) mass is 255 g/mol. The lowest BCUT2D eigenvalue weighted by molar-refractivity contribution is -0.777. The third-order valence-corrected chi connectivity index (χ3v) is 2.32. The highest BCUT2D eigenvalue weighted by molar-refractivity contribution is 7.96. The summed E-state index contributed by atoms with van der Waals surface area (Å²) in [4.78, 5) is 22.1. The van der Waals surface area contributed by atoms with Crippen LogP contribution in [0.15, 0.2) is 0 Å². The van der Waals surface area contributed by atoms with Crippen molar-refractivity contribution in [3.05, 3.63) is 0 Å². The first kappa shape index (κ1) is 13.2. The molecule has 0 radical (unpaired) electrons. The molecule has 0 aromatic carbocycles. The molecule has 0 aliphatic carbocycles. The van der Waals surface area contributed by atoms with Crippen LogP contribution in [0.2, 0.25) is 0 Å². The molecule has 1 saturated heterocycles. The van der Waals surface area contributed by atoms with E-state index in [4.69, 9.17) is 0 Å². The second kappa shape index (κ2) is 5.43. The number of rotatable bonds is 5. The summed E-state index contributed by atoms with van der Waals surface area (Å²) < 4.78 is 26.2. The van der Waals surface area contributed by atoms with Crippen LogP contribution in [0, 0.1) is 0 Å². The molecule has 1 heterocycles. The smallest absolute Gasteiger partial charge is 0.357 e. The average molecular weight is 255 g/mol. The van der Waals surface area contributed by atoms with E-state index in [0.29, 0.717) is 0 Å². The lowest BCUT2D eigenvalue weighted by atomic mass is 10.3. The normalized spacial score (nSPS) is 23.7. The average Bonchev–Trinajstić information content (AvgIpc) is 2.61. The number of esters is 2. The van der Waals surface area contributed by atoms with Gasteiger partial charge in [-0.1, -0.05) is 0 Å². The molecule has 1 rings (SSSR count). The Hall–Kier alpha value is -0.900. The van der Waals surface area contributed by atoms with Gasteiger partial charge in [-0.2, -0.15) is 4.33 Å². The Morgan fingerprint density at radius 2 is 2.44 bits per heavy atom. The van der Waals surface area contributed by atoms with E-state index in [1.165, 1.54) is 0 Å². The van der Waals surface area contributed by atoms with Crippen LogP contribution in [-0.2, 0) is 28.4 Å². The van der Waals surface area contributed by atoms with E-state index < -0.39 is 23.0 Å². The van der Waals surface area contributed by atoms with Gasteiger partial charge in [-0.15, -0.1) is 0 Å². The molecule has 7 nitrogen and oxygen atoms in total. The summed E-state index contributed by atoms with van der Waals surface area (Å²) in [6, 6.07) is 0. The van der Waals surface area contributed by atoms with E-state index in [9.17, 15) is 19.2 Å². The van der Waals surface area contributed by atoms with E-state index in [1.54, 1.807) is 0 Å². The molecule has 0 bridgehead atoms. The van der Waals surface area contributed by atoms with Crippen LogP contribution < -0.4 is 5.26 Å². The van der Waals surface area contributed by atoms with Gasteiger partial charge in [-0.25, -0.2) is 14.0 Å². The highest BCUT2D eigenvalue weighted by atomic mass is 32.2. The molecule has 0 amide bonds. The van der Waals surface area contributed by atoms with Crippen molar-refractivity contribution < 1.29 is 38.1 Å². The molecule has 16 heavy (non-hydrogen) atoms. The van der Waals surface area contributed by atoms with Gasteiger partial charge in [0.1, 0.15) is 0 Å². The fourth-order valence-corrected chi connectivity index (χ4v) is 1.20. The summed E-state index contributed by atoms with van der Waals surface area (Å²) in [7, 11) is 0. The number of hydrogen-bond donors (Lipinski definition) is 0. The van der Waals surface area contributed by atoms with Crippen LogP contribution in [0.5, 0.6) is 0 Å². The predicted octanol–water partition coefficient (Wildman–Crippen LogP) is -0.598. The first-order valence-electron chi connectivity index (χ1n) is 4.18. The van der Waals surface area contributed by atoms with Crippen LogP contribution in [0.4, 0.5) is 4.39 Å². The maximum absolute atomic E-state index is 13.4. The van der Waals surface area contributed by atoms with Crippen LogP contribution in [0.3, 0.4) is 0 Å². The fraction of sp³-hybridized carbons (Fsp3) is 0.714. The topological polar surface area (TPSA) is 94.1 Å². The molecular formula is C7H8FO7S-. The zero-order chi connectivity index (χ0) is 12.2. The van der Waals surface area contributed by atoms with Crippen molar-refractivity contribution in [2.75, 3.05) is 6.61 Å². The van der Waals surface area contributed by atoms with Gasteiger partial charge in [-0.05, 0) is 6.92 Å². The fourth-order valence-electron chi connectivity index (χ4n) is 0.931. The van der Waals surface area contributed by atoms with Gasteiger partial charge in [0.05, 0.1) is 18.6 Å². The second-order valence-corrected chi connectivity index (χ2v) is 4.06. The third kappa shape index (κ3) is 3.30. The molecule has 0 spiro atoms. The largest absolute Gasteiger partial charge is 0.691 e. The third-order valence-electron chi connectivity index (χ3n) is 1.72. The molecule has 0 saturated carbocycles. The maximum Gasteiger partial charge on any atom is 0.357 e. The van der Waals surface area contributed by atoms with Crippen molar-refractivity contribution in [1.82, 2.24) is 0 Å². The van der Waals surface area contributed by atoms with Gasteiger partial charge < -0.3 is 14.7 Å². The Morgan fingerprint density at radius 1 is 1.75 bits per heavy atom. The zero-order valence-corrected chi connectivity index (χ0v) is 8.95. The summed E-state index contributed by atoms with van der Waals surface area (Å²) in [5.41, 5.74) is 0. The first-order chi connectivity index (χ1) is 7.47. The Labute approximate surface area is 93.9 Å². The van der Waals surface area contributed by atoms with Crippen LogP contribution in [-0.4, -0.2) is 29.7 Å². The minimum Gasteiger partial charge on any atom is -0.691 e. The van der Waals surface area contributed by atoms with E-state index in [-0.39, 0.29) is 25.1 Å². The zero-order valence-electron chi connectivity index (χ0n) is 8.14. The SMILES string of the molecule is CC(F)(SOO[O-])C(=O)OC1CCOC1=O. The van der Waals surface area contributed by atoms with Gasteiger partial charge >= 0.3 is 11.9 Å². The Balaban J connectivity index is 2.47. The van der Waals surface area contributed by atoms with Crippen molar-refractivity contribution in [3.63, 3.8) is 0 Å². The molecule has 1 fully saturated rings. The van der Waals surface area contributed by atoms with Crippen molar-refractivity contribution in [2.45, 2.75) is 24.4 Å². The molecule has 1 aliphatic heterocycles. The number of cyclic esters (lactones) is 1. The molecule has 9 heteroatoms. The highest BCUT2D eigenvalue weighted by Gasteiger charge is 2.41. The number of ether oxygens (including phenoxy) is 2. The summed E-state index contributed by atoms with van der Waals surface area (Å²) >= 11 is -0.157. The summed E-state index contributed by atoms with van der Waals surface area (Å²) in [6.07, 6.45) is -0.944. The second-order valence-electron chi connectivity index (χ2n) is 2.99. The quantitative estimate of drug-likeness (QED) is 0.278. The molecular weight excluding hydrogens is 247 g/mol. The molecule has 2 atom stereocenters. The molecule has 0 N–H and O–H groups in total. The van der Waals surface area contributed by atoms with Crippen LogP contribution in [0.1, 0.15) is 13.3 Å². The highest BCUT2D eigenvalue weighted by Crippen LogP contribution is 2.30. The van der Waals surface area contributed by atoms with Crippen molar-refractivity contribution in [1.29, 1.82) is 0 Å². The Morgan fingerprint density at radius 3 is 2.94 bits per heavy atom. The number of halogens is 1. The standard InChI is InChI=1S/C7H9FO7S/c1-7(8,16-15-14-11)6(10)13-4-2-3-12-5(4)9/h4,11H,2-3H2,1H3/p-1. The Bertz CT molecular complexity index is 282. The van der Waals surface area contributed by atoms with Crippen LogP contribution >= 0.6 is 12.0 Å². The molecule has 0 aromatic rings. The molecule has 92 valence electrons. The predicted molar refractivity (Wildman–Crippen MR) is 44.7 cm³/mol.